The first-order valence-electron chi connectivity index (χ1n) is 9.29. The summed E-state index contributed by atoms with van der Waals surface area (Å²) in [5, 5.41) is 4.04. The van der Waals surface area contributed by atoms with Crippen molar-refractivity contribution in [2.75, 3.05) is 6.54 Å². The fraction of sp³-hybridized carbons (Fsp3) is 0.333. The SMILES string of the molecule is Cc1ncc(-c2onc(C)c2C)c([C@@H]2CCCN2C(=O)c2ccccc2F)n1. The van der Waals surface area contributed by atoms with Gasteiger partial charge in [-0.2, -0.15) is 0 Å². The summed E-state index contributed by atoms with van der Waals surface area (Å²) >= 11 is 0. The second-order valence-corrected chi connectivity index (χ2v) is 7.07. The van der Waals surface area contributed by atoms with Crippen molar-refractivity contribution in [3.63, 3.8) is 0 Å². The van der Waals surface area contributed by atoms with E-state index in [0.717, 1.165) is 29.7 Å². The van der Waals surface area contributed by atoms with Crippen LogP contribution in [0.25, 0.3) is 11.3 Å². The Morgan fingerprint density at radius 1 is 1.25 bits per heavy atom. The second kappa shape index (κ2) is 7.14. The quantitative estimate of drug-likeness (QED) is 0.682. The molecule has 0 radical (unpaired) electrons. The molecule has 1 aliphatic heterocycles. The molecule has 7 heteroatoms. The Morgan fingerprint density at radius 3 is 2.75 bits per heavy atom. The number of aromatic nitrogens is 3. The Balaban J connectivity index is 1.78. The van der Waals surface area contributed by atoms with Crippen LogP contribution in [0.3, 0.4) is 0 Å². The number of carbonyl (C=O) groups excluding carboxylic acids is 1. The van der Waals surface area contributed by atoms with Gasteiger partial charge in [0.05, 0.1) is 28.6 Å². The molecule has 6 nitrogen and oxygen atoms in total. The Hall–Kier alpha value is -3.09. The number of hydrogen-bond acceptors (Lipinski definition) is 5. The molecule has 0 N–H and O–H groups in total. The van der Waals surface area contributed by atoms with E-state index >= 15 is 0 Å². The summed E-state index contributed by atoms with van der Waals surface area (Å²) in [4.78, 5) is 23.7. The summed E-state index contributed by atoms with van der Waals surface area (Å²) < 4.78 is 19.7. The van der Waals surface area contributed by atoms with Crippen LogP contribution in [0, 0.1) is 26.6 Å². The van der Waals surface area contributed by atoms with E-state index in [-0.39, 0.29) is 17.5 Å². The minimum absolute atomic E-state index is 0.0772. The van der Waals surface area contributed by atoms with E-state index in [2.05, 4.69) is 15.1 Å². The van der Waals surface area contributed by atoms with E-state index in [1.54, 1.807) is 23.2 Å². The Labute approximate surface area is 162 Å². The number of amides is 1. The highest BCUT2D eigenvalue weighted by molar-refractivity contribution is 5.95. The molecule has 1 amide bonds. The lowest BCUT2D eigenvalue weighted by atomic mass is 10.0. The molecule has 0 bridgehead atoms. The van der Waals surface area contributed by atoms with Crippen LogP contribution in [-0.2, 0) is 0 Å². The lowest BCUT2D eigenvalue weighted by Gasteiger charge is -2.26. The molecule has 4 rings (SSSR count). The molecule has 144 valence electrons. The van der Waals surface area contributed by atoms with E-state index in [0.29, 0.717) is 23.8 Å². The number of halogens is 1. The summed E-state index contributed by atoms with van der Waals surface area (Å²) in [5.74, 6) is 0.378. The van der Waals surface area contributed by atoms with Crippen molar-refractivity contribution < 1.29 is 13.7 Å². The number of nitrogens with zero attached hydrogens (tertiary/aromatic N) is 4. The van der Waals surface area contributed by atoms with Gasteiger partial charge in [0.25, 0.3) is 5.91 Å². The molecular weight excluding hydrogens is 359 g/mol. The molecule has 3 aromatic rings. The maximum absolute atomic E-state index is 14.2. The molecule has 3 heterocycles. The number of benzene rings is 1. The molecule has 28 heavy (non-hydrogen) atoms. The van der Waals surface area contributed by atoms with Gasteiger partial charge in [-0.25, -0.2) is 14.4 Å². The van der Waals surface area contributed by atoms with E-state index in [1.165, 1.54) is 12.1 Å². The highest BCUT2D eigenvalue weighted by Gasteiger charge is 2.35. The van der Waals surface area contributed by atoms with E-state index in [9.17, 15) is 9.18 Å². The summed E-state index contributed by atoms with van der Waals surface area (Å²) in [7, 11) is 0. The van der Waals surface area contributed by atoms with Crippen LogP contribution in [0.1, 0.15) is 52.0 Å². The molecule has 1 saturated heterocycles. The third-order valence-electron chi connectivity index (χ3n) is 5.27. The topological polar surface area (TPSA) is 72.1 Å². The maximum atomic E-state index is 14.2. The molecule has 0 spiro atoms. The van der Waals surface area contributed by atoms with Crippen LogP contribution in [0.4, 0.5) is 4.39 Å². The van der Waals surface area contributed by atoms with Gasteiger partial charge in [-0.15, -0.1) is 0 Å². The van der Waals surface area contributed by atoms with Crippen LogP contribution in [-0.4, -0.2) is 32.5 Å². The zero-order chi connectivity index (χ0) is 19.8. The summed E-state index contributed by atoms with van der Waals surface area (Å²) in [5.41, 5.74) is 3.23. The smallest absolute Gasteiger partial charge is 0.257 e. The van der Waals surface area contributed by atoms with E-state index in [1.807, 2.05) is 20.8 Å². The van der Waals surface area contributed by atoms with Gasteiger partial charge in [0.1, 0.15) is 11.6 Å². The van der Waals surface area contributed by atoms with Gasteiger partial charge in [-0.3, -0.25) is 4.79 Å². The van der Waals surface area contributed by atoms with Crippen molar-refractivity contribution in [2.45, 2.75) is 39.7 Å². The highest BCUT2D eigenvalue weighted by Crippen LogP contribution is 2.38. The Kier molecular flexibility index (Phi) is 4.66. The lowest BCUT2D eigenvalue weighted by Crippen LogP contribution is -2.32. The van der Waals surface area contributed by atoms with Crippen molar-refractivity contribution >= 4 is 5.91 Å². The number of rotatable bonds is 3. The van der Waals surface area contributed by atoms with Crippen molar-refractivity contribution in [2.24, 2.45) is 0 Å². The largest absolute Gasteiger partial charge is 0.356 e. The van der Waals surface area contributed by atoms with Crippen LogP contribution in [0.5, 0.6) is 0 Å². The zero-order valence-electron chi connectivity index (χ0n) is 16.1. The van der Waals surface area contributed by atoms with Gasteiger partial charge < -0.3 is 9.42 Å². The van der Waals surface area contributed by atoms with E-state index in [4.69, 9.17) is 4.52 Å². The average Bonchev–Trinajstić information content (AvgIpc) is 3.29. The normalized spacial score (nSPS) is 16.6. The number of likely N-dealkylation sites (tertiary alicyclic amines) is 1. The third-order valence-corrected chi connectivity index (χ3v) is 5.27. The predicted octanol–water partition coefficient (Wildman–Crippen LogP) is 4.17. The van der Waals surface area contributed by atoms with Gasteiger partial charge in [0.2, 0.25) is 0 Å². The summed E-state index contributed by atoms with van der Waals surface area (Å²) in [6.07, 6.45) is 3.28. The Bertz CT molecular complexity index is 1050. The van der Waals surface area contributed by atoms with Crippen LogP contribution in [0.2, 0.25) is 0 Å². The van der Waals surface area contributed by atoms with Crippen molar-refractivity contribution in [1.82, 2.24) is 20.0 Å². The molecule has 1 atom stereocenters. The fourth-order valence-corrected chi connectivity index (χ4v) is 3.67. The lowest BCUT2D eigenvalue weighted by molar-refractivity contribution is 0.0728. The van der Waals surface area contributed by atoms with Crippen LogP contribution >= 0.6 is 0 Å². The summed E-state index contributed by atoms with van der Waals surface area (Å²) in [6.45, 7) is 6.17. The fourth-order valence-electron chi connectivity index (χ4n) is 3.67. The molecule has 1 aromatic carbocycles. The van der Waals surface area contributed by atoms with Gasteiger partial charge in [0.15, 0.2) is 5.76 Å². The molecule has 0 saturated carbocycles. The minimum Gasteiger partial charge on any atom is -0.356 e. The predicted molar refractivity (Wildman–Crippen MR) is 101 cm³/mol. The molecule has 1 aliphatic rings. The first kappa shape index (κ1) is 18.3. The second-order valence-electron chi connectivity index (χ2n) is 7.07. The van der Waals surface area contributed by atoms with Gasteiger partial charge in [-0.1, -0.05) is 17.3 Å². The van der Waals surface area contributed by atoms with Crippen LogP contribution < -0.4 is 0 Å². The first-order valence-corrected chi connectivity index (χ1v) is 9.29. The Morgan fingerprint density at radius 2 is 2.04 bits per heavy atom. The molecular formula is C21H21FN4O2. The van der Waals surface area contributed by atoms with E-state index < -0.39 is 5.82 Å². The zero-order valence-corrected chi connectivity index (χ0v) is 16.1. The third kappa shape index (κ3) is 3.06. The van der Waals surface area contributed by atoms with Crippen molar-refractivity contribution in [1.29, 1.82) is 0 Å². The number of aryl methyl sites for hydroxylation is 2. The molecule has 0 aliphatic carbocycles. The monoisotopic (exact) mass is 380 g/mol. The molecule has 0 unspecified atom stereocenters. The first-order chi connectivity index (χ1) is 13.5. The summed E-state index contributed by atoms with van der Waals surface area (Å²) in [6, 6.07) is 5.80. The van der Waals surface area contributed by atoms with Crippen LogP contribution in [0.15, 0.2) is 35.0 Å². The number of hydrogen-bond donors (Lipinski definition) is 0. The van der Waals surface area contributed by atoms with Crippen molar-refractivity contribution in [3.8, 4) is 11.3 Å². The maximum Gasteiger partial charge on any atom is 0.257 e. The standard InChI is InChI=1S/C21H21FN4O2/c1-12-13(2)25-28-20(12)16-11-23-14(3)24-19(16)18-9-6-10-26(18)21(27)15-7-4-5-8-17(15)22/h4-5,7-8,11,18H,6,9-10H2,1-3H3/t18-/m0/s1. The van der Waals surface area contributed by atoms with Crippen molar-refractivity contribution in [3.05, 3.63) is 64.6 Å². The van der Waals surface area contributed by atoms with Gasteiger partial charge in [-0.05, 0) is 45.7 Å². The molecule has 2 aromatic heterocycles. The highest BCUT2D eigenvalue weighted by atomic mass is 19.1. The minimum atomic E-state index is -0.515. The van der Waals surface area contributed by atoms with Gasteiger partial charge >= 0.3 is 0 Å². The van der Waals surface area contributed by atoms with Gasteiger partial charge in [0, 0.05) is 18.3 Å². The molecule has 1 fully saturated rings. The average molecular weight is 380 g/mol. The number of carbonyl (C=O) groups is 1.